The molecule has 2 aliphatic rings. The molecule has 1 aliphatic carbocycles. The van der Waals surface area contributed by atoms with Crippen LogP contribution in [0.1, 0.15) is 85.1 Å². The molecule has 0 radical (unpaired) electrons. The van der Waals surface area contributed by atoms with Crippen LogP contribution in [0, 0.1) is 38.5 Å². The second-order valence-electron chi connectivity index (χ2n) is 10.5. The van der Waals surface area contributed by atoms with Gasteiger partial charge in [0.25, 0.3) is 0 Å². The lowest BCUT2D eigenvalue weighted by Crippen LogP contribution is -2.35. The number of ether oxygens (including phenoxy) is 1. The third kappa shape index (κ3) is 32.5. The van der Waals surface area contributed by atoms with Gasteiger partial charge in [-0.15, -0.1) is 25.7 Å². The minimum atomic E-state index is 0.246. The number of anilines is 2. The average molecular weight is 662 g/mol. The van der Waals surface area contributed by atoms with E-state index in [0.29, 0.717) is 18.7 Å². The van der Waals surface area contributed by atoms with E-state index in [1.807, 2.05) is 45.8 Å². The predicted octanol–water partition coefficient (Wildman–Crippen LogP) is 6.85. The molecule has 0 aromatic carbocycles. The topological polar surface area (TPSA) is 104 Å². The van der Waals surface area contributed by atoms with Crippen molar-refractivity contribution < 1.29 is 9.53 Å². The van der Waals surface area contributed by atoms with Gasteiger partial charge in [-0.2, -0.15) is 16.7 Å². The summed E-state index contributed by atoms with van der Waals surface area (Å²) in [5.41, 5.74) is 1.03. The number of nitrogens with zero attached hydrogens (tertiary/aromatic N) is 4. The second-order valence-corrected chi connectivity index (χ2v) is 11.3. The lowest BCUT2D eigenvalue weighted by molar-refractivity contribution is -0.0980. The zero-order chi connectivity index (χ0) is 36.0. The third-order valence-corrected chi connectivity index (χ3v) is 5.87. The zero-order valence-corrected chi connectivity index (χ0v) is 31.4. The second kappa shape index (κ2) is 40.1. The van der Waals surface area contributed by atoms with E-state index in [-0.39, 0.29) is 6.04 Å². The van der Waals surface area contributed by atoms with Crippen molar-refractivity contribution in [3.63, 3.8) is 0 Å². The number of nitrogens with one attached hydrogen (secondary N) is 3. The number of carbonyl (C=O) groups excluding carboxylic acids is 1. The van der Waals surface area contributed by atoms with Crippen LogP contribution in [-0.2, 0) is 9.53 Å². The molecule has 2 fully saturated rings. The lowest BCUT2D eigenvalue weighted by Gasteiger charge is -2.25. The number of aliphatic imine (C=N–C) groups is 1. The largest absolute Gasteiger partial charge is 0.381 e. The first-order valence-electron chi connectivity index (χ1n) is 16.2. The highest BCUT2D eigenvalue weighted by atomic mass is 32.2. The fraction of sp³-hybridized carbons (Fsp3) is 0.667. The summed E-state index contributed by atoms with van der Waals surface area (Å²) in [6, 6.07) is 0.621. The summed E-state index contributed by atoms with van der Waals surface area (Å²) in [7, 11) is 2.01. The maximum absolute atomic E-state index is 8.00. The first kappa shape index (κ1) is 50.0. The first-order valence-corrected chi connectivity index (χ1v) is 17.8. The number of aryl methyl sites for hydroxylation is 1. The van der Waals surface area contributed by atoms with Gasteiger partial charge in [0.05, 0.1) is 13.0 Å². The number of unbranched alkanes of at least 4 members (excludes halogenated alkanes) is 1. The van der Waals surface area contributed by atoms with E-state index in [1.165, 1.54) is 32.2 Å². The molecule has 0 spiro atoms. The predicted molar refractivity (Wildman–Crippen MR) is 206 cm³/mol. The molecule has 1 aromatic rings. The summed E-state index contributed by atoms with van der Waals surface area (Å²) in [5, 5.41) is 9.99. The van der Waals surface area contributed by atoms with Crippen LogP contribution in [0.4, 0.5) is 11.8 Å². The van der Waals surface area contributed by atoms with Gasteiger partial charge in [0, 0.05) is 37.1 Å². The van der Waals surface area contributed by atoms with Crippen molar-refractivity contribution in [2.24, 2.45) is 10.9 Å². The number of rotatable bonds is 13. The Hall–Kier alpha value is -2.89. The van der Waals surface area contributed by atoms with Crippen LogP contribution in [0.3, 0.4) is 0 Å². The smallest absolute Gasteiger partial charge is 0.224 e. The van der Waals surface area contributed by atoms with Crippen molar-refractivity contribution in [1.82, 2.24) is 20.6 Å². The number of thioether (sulfide) groups is 1. The minimum Gasteiger partial charge on any atom is -0.381 e. The van der Waals surface area contributed by atoms with E-state index in [4.69, 9.17) is 14.5 Å². The molecule has 0 bridgehead atoms. The van der Waals surface area contributed by atoms with E-state index in [9.17, 15) is 0 Å². The molecule has 3 N–H and O–H groups in total. The highest BCUT2D eigenvalue weighted by molar-refractivity contribution is 7.97. The molecule has 1 aliphatic heterocycles. The van der Waals surface area contributed by atoms with Crippen LogP contribution in [-0.4, -0.2) is 87.7 Å². The Labute approximate surface area is 288 Å². The van der Waals surface area contributed by atoms with E-state index in [0.717, 1.165) is 56.3 Å². The number of hydrogen-bond acceptors (Lipinski definition) is 9. The van der Waals surface area contributed by atoms with Gasteiger partial charge in [0.2, 0.25) is 5.95 Å². The maximum Gasteiger partial charge on any atom is 0.224 e. The van der Waals surface area contributed by atoms with E-state index >= 15 is 0 Å². The molecule has 3 rings (SSSR count). The summed E-state index contributed by atoms with van der Waals surface area (Å²) in [6.07, 6.45) is 36.6. The number of carbonyl (C=O) groups is 1. The van der Waals surface area contributed by atoms with Crippen molar-refractivity contribution in [2.45, 2.75) is 98.6 Å². The summed E-state index contributed by atoms with van der Waals surface area (Å²) >= 11 is 1.75. The fourth-order valence-corrected chi connectivity index (χ4v) is 3.52. The molecular formula is C36H67N7O2S. The average Bonchev–Trinajstić information content (AvgIpc) is 3.91. The van der Waals surface area contributed by atoms with Crippen molar-refractivity contribution >= 4 is 36.7 Å². The summed E-state index contributed by atoms with van der Waals surface area (Å²) in [5.74, 6) is 2.60. The molecule has 0 unspecified atom stereocenters. The van der Waals surface area contributed by atoms with E-state index in [2.05, 4.69) is 103 Å². The van der Waals surface area contributed by atoms with Crippen LogP contribution < -0.4 is 20.9 Å². The van der Waals surface area contributed by atoms with Gasteiger partial charge in [0.1, 0.15) is 12.6 Å². The number of hydrogen-bond donors (Lipinski definition) is 3. The summed E-state index contributed by atoms with van der Waals surface area (Å²) in [4.78, 5) is 23.8. The minimum absolute atomic E-state index is 0.246. The molecule has 1 aromatic heterocycles. The molecule has 1 saturated carbocycles. The highest BCUT2D eigenvalue weighted by Crippen LogP contribution is 2.27. The van der Waals surface area contributed by atoms with Crippen LogP contribution >= 0.6 is 11.8 Å². The molecule has 2 heterocycles. The van der Waals surface area contributed by atoms with Gasteiger partial charge in [-0.05, 0) is 105 Å². The first-order chi connectivity index (χ1) is 22.4. The van der Waals surface area contributed by atoms with Crippen molar-refractivity contribution in [3.8, 4) is 25.7 Å². The van der Waals surface area contributed by atoms with Crippen molar-refractivity contribution in [2.75, 3.05) is 62.7 Å². The Bertz CT molecular complexity index is 862. The van der Waals surface area contributed by atoms with Gasteiger partial charge >= 0.3 is 0 Å². The molecule has 10 heteroatoms. The van der Waals surface area contributed by atoms with Crippen LogP contribution in [0.15, 0.2) is 23.3 Å². The maximum atomic E-state index is 8.00. The Morgan fingerprint density at radius 3 is 2.11 bits per heavy atom. The Balaban J connectivity index is -0.000000342. The molecule has 46 heavy (non-hydrogen) atoms. The molecule has 9 nitrogen and oxygen atoms in total. The standard InChI is InChI=1S/C18H32N6O.C6H12.C5H11N.C2H6S.2C2H2.CH2O/c1-5-8-19-12-24(13-21-14(2)3)17-15(4)11-20-18(23-17)22-16-6-9-25-10-7-16;1-3-5-6-4-2;1-6-4-5-2-3-5;1-3-2;3*1-2/h11,13-14,16,19H,5-10,12H2,1-4H3,(H,20,22,23);3,5H,4,6H2,1-2H3;5-6H,2-4H2,1H3;1-2H3;2*1-2H;1H2/b;5-3-;;;;;. The van der Waals surface area contributed by atoms with E-state index in [1.54, 1.807) is 11.8 Å². The molecule has 0 amide bonds. The molecule has 0 atom stereocenters. The van der Waals surface area contributed by atoms with Crippen molar-refractivity contribution in [3.05, 3.63) is 23.9 Å². The molecule has 264 valence electrons. The number of terminal acetylenes is 2. The molecular weight excluding hydrogens is 595 g/mol. The third-order valence-electron chi connectivity index (χ3n) is 5.87. The van der Waals surface area contributed by atoms with Gasteiger partial charge in [0.15, 0.2) is 0 Å². The molecule has 1 saturated heterocycles. The van der Waals surface area contributed by atoms with Crippen LogP contribution in [0.25, 0.3) is 0 Å². The fourth-order valence-electron chi connectivity index (χ4n) is 3.52. The van der Waals surface area contributed by atoms with Crippen molar-refractivity contribution in [1.29, 1.82) is 0 Å². The van der Waals surface area contributed by atoms with E-state index < -0.39 is 0 Å². The quantitative estimate of drug-likeness (QED) is 0.0523. The van der Waals surface area contributed by atoms with Gasteiger partial charge in [-0.3, -0.25) is 10.3 Å². The summed E-state index contributed by atoms with van der Waals surface area (Å²) in [6.45, 7) is 19.0. The lowest BCUT2D eigenvalue weighted by atomic mass is 10.1. The van der Waals surface area contributed by atoms with Gasteiger partial charge in [-0.25, -0.2) is 4.98 Å². The normalized spacial score (nSPS) is 13.3. The number of allylic oxidation sites excluding steroid dienone is 2. The van der Waals surface area contributed by atoms with Crippen LogP contribution in [0.2, 0.25) is 0 Å². The zero-order valence-electron chi connectivity index (χ0n) is 30.6. The summed E-state index contributed by atoms with van der Waals surface area (Å²) < 4.78 is 5.41. The highest BCUT2D eigenvalue weighted by Gasteiger charge is 2.19. The van der Waals surface area contributed by atoms with Gasteiger partial charge in [-0.1, -0.05) is 32.4 Å². The Kier molecular flexibility index (Phi) is 43.6. The Morgan fingerprint density at radius 2 is 1.70 bits per heavy atom. The number of aromatic nitrogens is 2. The van der Waals surface area contributed by atoms with Gasteiger partial charge < -0.3 is 25.1 Å². The Morgan fingerprint density at radius 1 is 1.11 bits per heavy atom. The SMILES string of the molecule is C#C.C#C.C/C=C\CCC.C=O.CCCNCN(C=NC(C)C)c1nc(NC2CCOCC2)ncc1C.CNCC1CC1.CSC. The van der Waals surface area contributed by atoms with Crippen LogP contribution in [0.5, 0.6) is 0 Å². The monoisotopic (exact) mass is 662 g/mol.